The summed E-state index contributed by atoms with van der Waals surface area (Å²) >= 11 is 0. The summed E-state index contributed by atoms with van der Waals surface area (Å²) in [6.07, 6.45) is 3.78. The Hall–Kier alpha value is -0.610. The largest absolute Gasteiger partial charge is 0.481 e. The number of carboxylic acid groups (broad SMARTS) is 1. The molecule has 0 aliphatic rings. The molecule has 0 saturated carbocycles. The van der Waals surface area contributed by atoms with Gasteiger partial charge in [0.2, 0.25) is 0 Å². The van der Waals surface area contributed by atoms with E-state index in [2.05, 4.69) is 6.92 Å². The predicted molar refractivity (Wildman–Crippen MR) is 71.3 cm³/mol. The van der Waals surface area contributed by atoms with Crippen LogP contribution in [0.1, 0.15) is 66.7 Å². The van der Waals surface area contributed by atoms with E-state index in [-0.39, 0.29) is 17.6 Å². The lowest BCUT2D eigenvalue weighted by atomic mass is 9.95. The van der Waals surface area contributed by atoms with Crippen LogP contribution in [0.25, 0.3) is 0 Å². The topological polar surface area (TPSA) is 55.8 Å². The normalized spacial score (nSPS) is 15.4. The van der Waals surface area contributed by atoms with Gasteiger partial charge in [-0.15, -0.1) is 0 Å². The minimum absolute atomic E-state index is 0.151. The summed E-state index contributed by atoms with van der Waals surface area (Å²) in [5.41, 5.74) is -0.366. The zero-order chi connectivity index (χ0) is 14.2. The second kappa shape index (κ2) is 8.48. The maximum Gasteiger partial charge on any atom is 0.306 e. The van der Waals surface area contributed by atoms with Crippen LogP contribution in [0.2, 0.25) is 0 Å². The quantitative estimate of drug-likeness (QED) is 0.506. The van der Waals surface area contributed by atoms with E-state index in [1.54, 1.807) is 0 Å². The van der Waals surface area contributed by atoms with Crippen molar-refractivity contribution in [2.45, 2.75) is 78.4 Å². The lowest BCUT2D eigenvalue weighted by Crippen LogP contribution is -2.27. The molecule has 108 valence electrons. The summed E-state index contributed by atoms with van der Waals surface area (Å²) in [7, 11) is 0. The monoisotopic (exact) mass is 260 g/mol. The van der Waals surface area contributed by atoms with Crippen LogP contribution in [0, 0.1) is 5.92 Å². The zero-order valence-electron chi connectivity index (χ0n) is 12.4. The van der Waals surface area contributed by atoms with E-state index in [1.807, 2.05) is 27.7 Å². The standard InChI is InChI=1S/C14H28O4/c1-6-8-9-11(13(15)16)10-12(7-2)17-18-14(3,4)5/h11-12H,6-10H2,1-5H3,(H,15,16). The molecule has 0 aromatic heterocycles. The van der Waals surface area contributed by atoms with Gasteiger partial charge in [-0.25, -0.2) is 9.78 Å². The molecule has 0 aliphatic heterocycles. The second-order valence-electron chi connectivity index (χ2n) is 5.74. The molecular weight excluding hydrogens is 232 g/mol. The molecule has 4 heteroatoms. The van der Waals surface area contributed by atoms with Gasteiger partial charge in [-0.3, -0.25) is 4.79 Å². The van der Waals surface area contributed by atoms with E-state index in [9.17, 15) is 9.90 Å². The molecule has 0 saturated heterocycles. The summed E-state index contributed by atoms with van der Waals surface area (Å²) in [5.74, 6) is -1.07. The van der Waals surface area contributed by atoms with E-state index in [0.717, 1.165) is 19.3 Å². The van der Waals surface area contributed by atoms with Crippen molar-refractivity contribution in [1.29, 1.82) is 0 Å². The highest BCUT2D eigenvalue weighted by molar-refractivity contribution is 5.69. The molecule has 18 heavy (non-hydrogen) atoms. The Morgan fingerprint density at radius 1 is 1.28 bits per heavy atom. The Balaban J connectivity index is 4.24. The number of unbranched alkanes of at least 4 members (excludes halogenated alkanes) is 1. The van der Waals surface area contributed by atoms with Crippen LogP contribution in [-0.4, -0.2) is 22.8 Å². The van der Waals surface area contributed by atoms with Gasteiger partial charge in [0.05, 0.1) is 17.6 Å². The molecule has 4 nitrogen and oxygen atoms in total. The fourth-order valence-corrected chi connectivity index (χ4v) is 1.60. The molecule has 0 aromatic carbocycles. The van der Waals surface area contributed by atoms with Crippen LogP contribution >= 0.6 is 0 Å². The van der Waals surface area contributed by atoms with E-state index in [1.165, 1.54) is 0 Å². The van der Waals surface area contributed by atoms with Crippen molar-refractivity contribution in [3.63, 3.8) is 0 Å². The summed E-state index contributed by atoms with van der Waals surface area (Å²) in [6, 6.07) is 0. The fourth-order valence-electron chi connectivity index (χ4n) is 1.60. The molecule has 0 aromatic rings. The van der Waals surface area contributed by atoms with E-state index in [0.29, 0.717) is 12.8 Å². The summed E-state index contributed by atoms with van der Waals surface area (Å²) < 4.78 is 0. The van der Waals surface area contributed by atoms with Crippen molar-refractivity contribution in [3.8, 4) is 0 Å². The Kier molecular flexibility index (Phi) is 8.20. The molecule has 0 spiro atoms. The minimum Gasteiger partial charge on any atom is -0.481 e. The number of aliphatic carboxylic acids is 1. The number of rotatable bonds is 9. The lowest BCUT2D eigenvalue weighted by Gasteiger charge is -2.24. The average molecular weight is 260 g/mol. The minimum atomic E-state index is -0.735. The van der Waals surface area contributed by atoms with Gasteiger partial charge in [-0.05, 0) is 40.0 Å². The predicted octanol–water partition coefficient (Wildman–Crippen LogP) is 3.79. The first-order valence-corrected chi connectivity index (χ1v) is 6.87. The van der Waals surface area contributed by atoms with Crippen molar-refractivity contribution in [2.24, 2.45) is 5.92 Å². The molecule has 0 heterocycles. The van der Waals surface area contributed by atoms with Gasteiger partial charge < -0.3 is 5.11 Å². The first kappa shape index (κ1) is 17.4. The average Bonchev–Trinajstić information content (AvgIpc) is 2.26. The van der Waals surface area contributed by atoms with Crippen molar-refractivity contribution in [1.82, 2.24) is 0 Å². The van der Waals surface area contributed by atoms with Crippen LogP contribution in [0.3, 0.4) is 0 Å². The molecular formula is C14H28O4. The van der Waals surface area contributed by atoms with Crippen molar-refractivity contribution < 1.29 is 19.7 Å². The molecule has 0 fully saturated rings. The molecule has 2 atom stereocenters. The Morgan fingerprint density at radius 3 is 2.28 bits per heavy atom. The maximum atomic E-state index is 11.2. The van der Waals surface area contributed by atoms with Crippen LogP contribution in [-0.2, 0) is 14.6 Å². The van der Waals surface area contributed by atoms with Crippen molar-refractivity contribution in [2.75, 3.05) is 0 Å². The zero-order valence-corrected chi connectivity index (χ0v) is 12.4. The van der Waals surface area contributed by atoms with Gasteiger partial charge in [0.15, 0.2) is 0 Å². The van der Waals surface area contributed by atoms with E-state index < -0.39 is 5.97 Å². The van der Waals surface area contributed by atoms with Gasteiger partial charge >= 0.3 is 5.97 Å². The summed E-state index contributed by atoms with van der Waals surface area (Å²) in [6.45, 7) is 9.77. The number of hydrogen-bond donors (Lipinski definition) is 1. The number of carboxylic acids is 1. The maximum absolute atomic E-state index is 11.2. The van der Waals surface area contributed by atoms with Crippen LogP contribution < -0.4 is 0 Å². The summed E-state index contributed by atoms with van der Waals surface area (Å²) in [4.78, 5) is 21.8. The van der Waals surface area contributed by atoms with E-state index in [4.69, 9.17) is 9.78 Å². The molecule has 0 radical (unpaired) electrons. The van der Waals surface area contributed by atoms with E-state index >= 15 is 0 Å². The first-order valence-electron chi connectivity index (χ1n) is 6.87. The van der Waals surface area contributed by atoms with Crippen LogP contribution in [0.15, 0.2) is 0 Å². The SMILES string of the molecule is CCCCC(CC(CC)OOC(C)(C)C)C(=O)O. The third-order valence-electron chi connectivity index (χ3n) is 2.69. The molecule has 1 N–H and O–H groups in total. The highest BCUT2D eigenvalue weighted by Crippen LogP contribution is 2.20. The van der Waals surface area contributed by atoms with Crippen molar-refractivity contribution in [3.05, 3.63) is 0 Å². The highest BCUT2D eigenvalue weighted by atomic mass is 17.2. The van der Waals surface area contributed by atoms with Gasteiger partial charge in [0.1, 0.15) is 0 Å². The van der Waals surface area contributed by atoms with Crippen molar-refractivity contribution >= 4 is 5.97 Å². The van der Waals surface area contributed by atoms with Gasteiger partial charge in [0, 0.05) is 0 Å². The smallest absolute Gasteiger partial charge is 0.306 e. The summed E-state index contributed by atoms with van der Waals surface area (Å²) in [5, 5.41) is 9.18. The molecule has 2 unspecified atom stereocenters. The number of hydrogen-bond acceptors (Lipinski definition) is 3. The van der Waals surface area contributed by atoms with Crippen LogP contribution in [0.5, 0.6) is 0 Å². The van der Waals surface area contributed by atoms with Gasteiger partial charge in [-0.1, -0.05) is 26.7 Å². The fraction of sp³-hybridized carbons (Fsp3) is 0.929. The molecule has 0 aliphatic carbocycles. The Labute approximate surface area is 111 Å². The van der Waals surface area contributed by atoms with Crippen LogP contribution in [0.4, 0.5) is 0 Å². The Bertz CT molecular complexity index is 232. The molecule has 0 amide bonds. The Morgan fingerprint density at radius 2 is 1.89 bits per heavy atom. The second-order valence-corrected chi connectivity index (χ2v) is 5.74. The lowest BCUT2D eigenvalue weighted by molar-refractivity contribution is -0.375. The third kappa shape index (κ3) is 8.48. The van der Waals surface area contributed by atoms with Gasteiger partial charge in [0.25, 0.3) is 0 Å². The molecule has 0 bridgehead atoms. The molecule has 0 rings (SSSR count). The third-order valence-corrected chi connectivity index (χ3v) is 2.69. The number of carbonyl (C=O) groups is 1. The first-order chi connectivity index (χ1) is 8.30. The highest BCUT2D eigenvalue weighted by Gasteiger charge is 2.24. The van der Waals surface area contributed by atoms with Gasteiger partial charge in [-0.2, -0.15) is 0 Å².